The number of hydrogen-bond acceptors (Lipinski definition) is 6. The number of methoxy groups -OCH3 is 2. The molecule has 1 atom stereocenters. The van der Waals surface area contributed by atoms with Crippen LogP contribution in [-0.4, -0.2) is 57.9 Å². The molecule has 1 N–H and O–H groups in total. The minimum atomic E-state index is -0.121. The summed E-state index contributed by atoms with van der Waals surface area (Å²) in [6.07, 6.45) is 3.32. The minimum absolute atomic E-state index is 0. The van der Waals surface area contributed by atoms with Crippen molar-refractivity contribution < 1.29 is 19.0 Å². The molecule has 29 heavy (non-hydrogen) atoms. The van der Waals surface area contributed by atoms with Crippen molar-refractivity contribution in [1.82, 2.24) is 10.2 Å². The molecule has 1 aliphatic heterocycles. The SMILES string of the molecule is COc1ccc(/C=C/C(=O)NCC(c2cccs2)N2CCOCC2)cc1OC.Cl. The molecule has 1 amide bonds. The predicted molar refractivity (Wildman–Crippen MR) is 118 cm³/mol. The summed E-state index contributed by atoms with van der Waals surface area (Å²) in [5.74, 6) is 1.17. The van der Waals surface area contributed by atoms with Crippen molar-refractivity contribution in [2.24, 2.45) is 0 Å². The third-order valence-corrected chi connectivity index (χ3v) is 5.64. The van der Waals surface area contributed by atoms with Gasteiger partial charge in [-0.05, 0) is 35.2 Å². The number of amides is 1. The van der Waals surface area contributed by atoms with Gasteiger partial charge in [-0.15, -0.1) is 23.7 Å². The van der Waals surface area contributed by atoms with E-state index in [2.05, 4.69) is 21.7 Å². The van der Waals surface area contributed by atoms with E-state index in [0.29, 0.717) is 18.0 Å². The fraction of sp³-hybridized carbons (Fsp3) is 0.381. The molecule has 0 saturated carbocycles. The van der Waals surface area contributed by atoms with E-state index in [0.717, 1.165) is 31.9 Å². The molecule has 0 bridgehead atoms. The van der Waals surface area contributed by atoms with Crippen LogP contribution in [0.3, 0.4) is 0 Å². The molecular weight excluding hydrogens is 412 g/mol. The molecule has 8 heteroatoms. The predicted octanol–water partition coefficient (Wildman–Crippen LogP) is 3.39. The normalized spacial score (nSPS) is 15.5. The highest BCUT2D eigenvalue weighted by Crippen LogP contribution is 2.28. The fourth-order valence-corrected chi connectivity index (χ4v) is 4.03. The lowest BCUT2D eigenvalue weighted by Crippen LogP contribution is -2.43. The van der Waals surface area contributed by atoms with Crippen LogP contribution in [0.4, 0.5) is 0 Å². The molecule has 1 aromatic heterocycles. The third-order valence-electron chi connectivity index (χ3n) is 4.66. The van der Waals surface area contributed by atoms with Gasteiger partial charge >= 0.3 is 0 Å². The van der Waals surface area contributed by atoms with Crippen LogP contribution in [0.15, 0.2) is 41.8 Å². The van der Waals surface area contributed by atoms with Gasteiger partial charge in [0.05, 0.1) is 33.5 Å². The number of rotatable bonds is 8. The molecule has 1 aromatic carbocycles. The topological polar surface area (TPSA) is 60.0 Å². The van der Waals surface area contributed by atoms with E-state index in [1.807, 2.05) is 24.3 Å². The second kappa shape index (κ2) is 11.8. The molecule has 0 aliphatic carbocycles. The average Bonchev–Trinajstić information content (AvgIpc) is 3.27. The van der Waals surface area contributed by atoms with Gasteiger partial charge in [0.2, 0.25) is 5.91 Å². The molecule has 1 saturated heterocycles. The smallest absolute Gasteiger partial charge is 0.244 e. The Hall–Kier alpha value is -2.06. The number of benzene rings is 1. The van der Waals surface area contributed by atoms with Crippen molar-refractivity contribution in [1.29, 1.82) is 0 Å². The van der Waals surface area contributed by atoms with Crippen LogP contribution in [0.2, 0.25) is 0 Å². The van der Waals surface area contributed by atoms with E-state index >= 15 is 0 Å². The van der Waals surface area contributed by atoms with Gasteiger partial charge in [-0.3, -0.25) is 9.69 Å². The van der Waals surface area contributed by atoms with Crippen LogP contribution in [0, 0.1) is 0 Å². The minimum Gasteiger partial charge on any atom is -0.493 e. The number of carbonyl (C=O) groups excluding carboxylic acids is 1. The van der Waals surface area contributed by atoms with Gasteiger partial charge in [0.25, 0.3) is 0 Å². The van der Waals surface area contributed by atoms with E-state index in [1.165, 1.54) is 4.88 Å². The number of morpholine rings is 1. The highest BCUT2D eigenvalue weighted by atomic mass is 35.5. The Labute approximate surface area is 181 Å². The monoisotopic (exact) mass is 438 g/mol. The summed E-state index contributed by atoms with van der Waals surface area (Å²) in [5.41, 5.74) is 0.871. The van der Waals surface area contributed by atoms with Crippen molar-refractivity contribution in [3.63, 3.8) is 0 Å². The first-order valence-corrected chi connectivity index (χ1v) is 10.1. The summed E-state index contributed by atoms with van der Waals surface area (Å²) in [6, 6.07) is 9.88. The summed E-state index contributed by atoms with van der Waals surface area (Å²) in [7, 11) is 3.19. The molecule has 6 nitrogen and oxygen atoms in total. The van der Waals surface area contributed by atoms with Gasteiger partial charge in [-0.2, -0.15) is 0 Å². The van der Waals surface area contributed by atoms with Crippen molar-refractivity contribution in [3.8, 4) is 11.5 Å². The average molecular weight is 439 g/mol. The lowest BCUT2D eigenvalue weighted by atomic mass is 10.1. The molecular formula is C21H27ClN2O4S. The molecule has 0 spiro atoms. The van der Waals surface area contributed by atoms with Crippen LogP contribution in [-0.2, 0) is 9.53 Å². The van der Waals surface area contributed by atoms with Crippen LogP contribution in [0.25, 0.3) is 6.08 Å². The van der Waals surface area contributed by atoms with Crippen LogP contribution in [0.5, 0.6) is 11.5 Å². The highest BCUT2D eigenvalue weighted by Gasteiger charge is 2.23. The summed E-state index contributed by atoms with van der Waals surface area (Å²) in [5, 5.41) is 5.10. The highest BCUT2D eigenvalue weighted by molar-refractivity contribution is 7.10. The van der Waals surface area contributed by atoms with E-state index in [9.17, 15) is 4.79 Å². The first-order chi connectivity index (χ1) is 13.7. The van der Waals surface area contributed by atoms with Gasteiger partial charge in [0, 0.05) is 30.6 Å². The molecule has 2 heterocycles. The maximum absolute atomic E-state index is 12.4. The molecule has 1 fully saturated rings. The lowest BCUT2D eigenvalue weighted by molar-refractivity contribution is -0.116. The van der Waals surface area contributed by atoms with E-state index in [4.69, 9.17) is 14.2 Å². The number of nitrogens with zero attached hydrogens (tertiary/aromatic N) is 1. The Morgan fingerprint density at radius 3 is 2.66 bits per heavy atom. The molecule has 158 valence electrons. The number of hydrogen-bond donors (Lipinski definition) is 1. The number of nitrogens with one attached hydrogen (secondary N) is 1. The molecule has 2 aromatic rings. The number of ether oxygens (including phenoxy) is 3. The quantitative estimate of drug-likeness (QED) is 0.640. The molecule has 1 aliphatic rings. The summed E-state index contributed by atoms with van der Waals surface area (Å²) in [4.78, 5) is 16.0. The van der Waals surface area contributed by atoms with E-state index in [1.54, 1.807) is 37.7 Å². The standard InChI is InChI=1S/C21H26N2O4S.ClH/c1-25-18-7-5-16(14-19(18)26-2)6-8-21(24)22-15-17(20-4-3-13-28-20)23-9-11-27-12-10-23;/h3-8,13-14,17H,9-12,15H2,1-2H3,(H,22,24);1H/b8-6+;. The van der Waals surface area contributed by atoms with Gasteiger partial charge in [-0.1, -0.05) is 12.1 Å². The van der Waals surface area contributed by atoms with Crippen LogP contribution in [0.1, 0.15) is 16.5 Å². The first kappa shape index (κ1) is 23.2. The number of thiophene rings is 1. The second-order valence-corrected chi connectivity index (χ2v) is 7.35. The van der Waals surface area contributed by atoms with Gasteiger partial charge in [0.15, 0.2) is 11.5 Å². The largest absolute Gasteiger partial charge is 0.493 e. The molecule has 3 rings (SSSR count). The zero-order chi connectivity index (χ0) is 19.8. The maximum atomic E-state index is 12.4. The van der Waals surface area contributed by atoms with Gasteiger partial charge in [0.1, 0.15) is 0 Å². The van der Waals surface area contributed by atoms with Gasteiger partial charge in [-0.25, -0.2) is 0 Å². The summed E-state index contributed by atoms with van der Waals surface area (Å²) >= 11 is 1.72. The van der Waals surface area contributed by atoms with Crippen molar-refractivity contribution in [2.45, 2.75) is 6.04 Å². The lowest BCUT2D eigenvalue weighted by Gasteiger charge is -2.34. The second-order valence-electron chi connectivity index (χ2n) is 6.37. The van der Waals surface area contributed by atoms with Gasteiger partial charge < -0.3 is 19.5 Å². The Balaban J connectivity index is 0.00000300. The van der Waals surface area contributed by atoms with E-state index in [-0.39, 0.29) is 24.4 Å². The molecule has 0 radical (unpaired) electrons. The van der Waals surface area contributed by atoms with Crippen LogP contribution < -0.4 is 14.8 Å². The number of carbonyl (C=O) groups is 1. The van der Waals surface area contributed by atoms with E-state index < -0.39 is 0 Å². The number of halogens is 1. The Bertz CT molecular complexity index is 792. The Morgan fingerprint density at radius 2 is 2.00 bits per heavy atom. The zero-order valence-corrected chi connectivity index (χ0v) is 18.3. The zero-order valence-electron chi connectivity index (χ0n) is 16.6. The Morgan fingerprint density at radius 1 is 1.24 bits per heavy atom. The third kappa shape index (κ3) is 6.47. The first-order valence-electron chi connectivity index (χ1n) is 9.24. The van der Waals surface area contributed by atoms with Crippen molar-refractivity contribution in [3.05, 3.63) is 52.2 Å². The maximum Gasteiger partial charge on any atom is 0.244 e. The molecule has 1 unspecified atom stereocenters. The van der Waals surface area contributed by atoms with Crippen LogP contribution >= 0.6 is 23.7 Å². The van der Waals surface area contributed by atoms with Crippen molar-refractivity contribution in [2.75, 3.05) is 47.1 Å². The Kier molecular flexibility index (Phi) is 9.47. The summed E-state index contributed by atoms with van der Waals surface area (Å²) < 4.78 is 16.0. The van der Waals surface area contributed by atoms with Crippen molar-refractivity contribution >= 4 is 35.7 Å². The summed E-state index contributed by atoms with van der Waals surface area (Å²) in [6.45, 7) is 3.78. The fourth-order valence-electron chi connectivity index (χ4n) is 3.16.